The monoisotopic (exact) mass is 1200 g/mol. The molecule has 1 aromatic heterocycles. The van der Waals surface area contributed by atoms with Gasteiger partial charge in [-0.3, -0.25) is 29.3 Å². The average Bonchev–Trinajstić information content (AvgIpc) is 4.08. The van der Waals surface area contributed by atoms with Crippen molar-refractivity contribution in [1.82, 2.24) is 15.2 Å². The van der Waals surface area contributed by atoms with Crippen molar-refractivity contribution in [2.24, 2.45) is 5.92 Å². The lowest BCUT2D eigenvalue weighted by molar-refractivity contribution is -0.162. The van der Waals surface area contributed by atoms with E-state index < -0.39 is 83.6 Å². The molecule has 20 nitrogen and oxygen atoms in total. The number of hydrogen-bond acceptors (Lipinski definition) is 19. The van der Waals surface area contributed by atoms with Gasteiger partial charge in [-0.25, -0.2) is 14.6 Å². The largest absolute Gasteiger partial charge is 0.495 e. The molecule has 2 fully saturated rings. The van der Waals surface area contributed by atoms with E-state index in [1.165, 1.54) is 74.2 Å². The Hall–Kier alpha value is -4.34. The number of aliphatic carboxylic acids is 3. The molecule has 26 heteroatoms. The molecule has 5 N–H and O–H groups in total. The van der Waals surface area contributed by atoms with Crippen molar-refractivity contribution in [1.29, 1.82) is 0 Å². The second-order valence-electron chi connectivity index (χ2n) is 19.3. The fraction of sp³-hybridized carbons (Fsp3) is 0.577. The number of alkyl carbamates (subject to hydrolysis) is 1. The molecular weight excluding hydrogens is 1130 g/mol. The number of carboxylic acid groups (broad SMARTS) is 3. The Bertz CT molecular complexity index is 2440. The predicted octanol–water partition coefficient (Wildman–Crippen LogP) is 8.62. The van der Waals surface area contributed by atoms with Crippen molar-refractivity contribution < 1.29 is 77.7 Å². The number of rotatable bonds is 20. The summed E-state index contributed by atoms with van der Waals surface area (Å²) in [6.07, 6.45) is 3.42. The Morgan fingerprint density at radius 1 is 1.04 bits per heavy atom. The number of carbonyl (C=O) groups excluding carboxylic acids is 4. The van der Waals surface area contributed by atoms with Crippen molar-refractivity contribution >= 4 is 115 Å². The van der Waals surface area contributed by atoms with Crippen molar-refractivity contribution in [2.45, 2.75) is 144 Å². The summed E-state index contributed by atoms with van der Waals surface area (Å²) in [6, 6.07) is 8.18. The Balaban J connectivity index is 0.000000707. The number of likely N-dealkylation sites (N-methyl/N-ethyl adjacent to an activating group) is 1. The van der Waals surface area contributed by atoms with Crippen molar-refractivity contribution in [2.75, 3.05) is 50.5 Å². The summed E-state index contributed by atoms with van der Waals surface area (Å²) in [5, 5.41) is 40.6. The van der Waals surface area contributed by atoms with Crippen LogP contribution in [0.15, 0.2) is 65.4 Å². The number of carbonyl (C=O) groups is 7. The van der Waals surface area contributed by atoms with Crippen molar-refractivity contribution in [3.05, 3.63) is 70.9 Å². The summed E-state index contributed by atoms with van der Waals surface area (Å²) in [5.41, 5.74) is -1.03. The number of carboxylic acids is 3. The third-order valence-corrected chi connectivity index (χ3v) is 18.9. The number of pyridine rings is 1. The van der Waals surface area contributed by atoms with E-state index in [0.29, 0.717) is 41.5 Å². The molecular formula is C52H73ClN4O16S5. The molecule has 4 bridgehead atoms. The van der Waals surface area contributed by atoms with E-state index in [9.17, 15) is 38.7 Å². The van der Waals surface area contributed by atoms with Crippen molar-refractivity contribution in [3.8, 4) is 5.75 Å². The second kappa shape index (κ2) is 32.2. The molecule has 0 aliphatic carbocycles. The highest BCUT2D eigenvalue weighted by atomic mass is 35.5. The third-order valence-electron chi connectivity index (χ3n) is 12.7. The van der Waals surface area contributed by atoms with Gasteiger partial charge in [-0.1, -0.05) is 80.8 Å². The maximum Gasteiger partial charge on any atom is 0.409 e. The van der Waals surface area contributed by atoms with Gasteiger partial charge >= 0.3 is 30.0 Å². The first-order valence-corrected chi connectivity index (χ1v) is 30.4. The summed E-state index contributed by atoms with van der Waals surface area (Å²) in [7, 11) is 11.9. The molecule has 434 valence electrons. The lowest BCUT2D eigenvalue weighted by Crippen LogP contribution is -2.63. The van der Waals surface area contributed by atoms with E-state index in [4.69, 9.17) is 50.6 Å². The zero-order valence-corrected chi connectivity index (χ0v) is 50.3. The number of aliphatic hydroxyl groups is 1. The van der Waals surface area contributed by atoms with Crippen LogP contribution in [0.3, 0.4) is 0 Å². The number of aromatic nitrogens is 1. The Labute approximate surface area is 482 Å². The molecule has 78 heavy (non-hydrogen) atoms. The zero-order chi connectivity index (χ0) is 58.5. The van der Waals surface area contributed by atoms with Gasteiger partial charge in [0, 0.05) is 68.2 Å². The highest BCUT2D eigenvalue weighted by molar-refractivity contribution is 8.77. The standard InChI is InChI=1S/C41H58ClN3O12S2.C8H9NO2S2.C3H6O2S/c1-23-12-11-13-30(54-10)41(52)22-29(55-38(51)43-41)24(2)36-40(6,57-36)31(21-33(47)45(8)27-19-26(18-23)20-28(53-9)35(27)42)56-37(50)25(3)44(7)32(46)14-16-39(4,5)59-58-17-15-34(48)49;10-8(11)4-6-12-13-7-3-1-2-5-9-7;4-3(5)1-2-6/h11-13,19-20,24-25,29-31,36,52H,14-18,21-22H2,1-10H3,(H,43,51)(H,48,49);1-3,5H,4,6H2,(H,10,11);6H,1-2H2,(H,4,5)/b13-11+,23-12+;;/t24-,25+,29+,30-,31+,36+,40-,41+;;/m0../s1. The molecule has 0 radical (unpaired) electrons. The lowest BCUT2D eigenvalue weighted by Gasteiger charge is -2.42. The van der Waals surface area contributed by atoms with Crippen LogP contribution in [0, 0.1) is 5.92 Å². The van der Waals surface area contributed by atoms with Gasteiger partial charge in [-0.05, 0) is 88.1 Å². The van der Waals surface area contributed by atoms with Gasteiger partial charge in [0.15, 0.2) is 5.72 Å². The van der Waals surface area contributed by atoms with Crippen LogP contribution in [0.5, 0.6) is 5.75 Å². The number of halogens is 1. The molecule has 1 aromatic carbocycles. The molecule has 2 aromatic rings. The van der Waals surface area contributed by atoms with Crippen LogP contribution in [-0.4, -0.2) is 164 Å². The van der Waals surface area contributed by atoms with E-state index in [-0.39, 0.29) is 54.2 Å². The molecule has 0 unspecified atom stereocenters. The minimum Gasteiger partial charge on any atom is -0.495 e. The third kappa shape index (κ3) is 21.6. The quantitative estimate of drug-likeness (QED) is 0.0238. The average molecular weight is 1210 g/mol. The molecule has 0 spiro atoms. The maximum atomic E-state index is 14.2. The smallest absolute Gasteiger partial charge is 0.409 e. The number of allylic oxidation sites excluding steroid dienone is 3. The molecule has 8 atom stereocenters. The predicted molar refractivity (Wildman–Crippen MR) is 307 cm³/mol. The summed E-state index contributed by atoms with van der Waals surface area (Å²) >= 11 is 10.5. The minimum absolute atomic E-state index is 0.0381. The molecule has 5 rings (SSSR count). The number of nitrogens with zero attached hydrogens (tertiary/aromatic N) is 3. The number of fused-ring (bicyclic) bond motifs is 5. The van der Waals surface area contributed by atoms with Crippen LogP contribution >= 0.6 is 67.4 Å². The summed E-state index contributed by atoms with van der Waals surface area (Å²) < 4.78 is 29.0. The van der Waals surface area contributed by atoms with E-state index in [1.807, 2.05) is 45.0 Å². The number of anilines is 1. The number of ether oxygens (including phenoxy) is 5. The van der Waals surface area contributed by atoms with Crippen LogP contribution < -0.4 is 15.0 Å². The van der Waals surface area contributed by atoms with Gasteiger partial charge < -0.3 is 53.9 Å². The first kappa shape index (κ1) is 67.9. The molecule has 4 heterocycles. The Morgan fingerprint density at radius 3 is 2.27 bits per heavy atom. The number of epoxide rings is 1. The number of benzene rings is 1. The van der Waals surface area contributed by atoms with Crippen molar-refractivity contribution in [3.63, 3.8) is 0 Å². The van der Waals surface area contributed by atoms with E-state index in [2.05, 4.69) is 22.9 Å². The molecule has 3 aliphatic heterocycles. The molecule has 3 aliphatic rings. The minimum atomic E-state index is -1.85. The highest BCUT2D eigenvalue weighted by Gasteiger charge is 2.64. The normalized spacial score (nSPS) is 24.6. The first-order chi connectivity index (χ1) is 36.6. The van der Waals surface area contributed by atoms with Gasteiger partial charge in [0.1, 0.15) is 45.8 Å². The van der Waals surface area contributed by atoms with Crippen LogP contribution in [0.25, 0.3) is 0 Å². The number of amides is 3. The highest BCUT2D eigenvalue weighted by Crippen LogP contribution is 2.49. The summed E-state index contributed by atoms with van der Waals surface area (Å²) in [4.78, 5) is 91.8. The molecule has 0 saturated carbocycles. The fourth-order valence-electron chi connectivity index (χ4n) is 7.90. The topological polar surface area (TPSA) is 281 Å². The number of hydrogen-bond donors (Lipinski definition) is 6. The van der Waals surface area contributed by atoms with Gasteiger partial charge in [0.2, 0.25) is 11.8 Å². The molecule has 2 saturated heterocycles. The lowest BCUT2D eigenvalue weighted by atomic mass is 9.83. The SMILES string of the molecule is COc1cc2cc(c1Cl)N(C)C(=O)C[C@@H](OC(=O)[C@@H](C)N(C)C(=O)CCC(C)(C)SSCCC(=O)O)[C@]1(C)O[C@@H]1[C@@H](C)[C@H]1C[C@](O)(NC(=O)O1)[C@@H](OC)/C=C/C=C(\C)C2.O=C(O)CCS.O=C(O)CCSSc1ccccn1. The number of esters is 1. The second-order valence-corrected chi connectivity index (χ2v) is 25.7. The fourth-order valence-corrected chi connectivity index (χ4v) is 12.8. The Morgan fingerprint density at radius 2 is 1.69 bits per heavy atom. The number of thiol groups is 1. The number of methoxy groups -OCH3 is 2. The van der Waals surface area contributed by atoms with Crippen LogP contribution in [0.1, 0.15) is 92.1 Å². The first-order valence-electron chi connectivity index (χ1n) is 24.7. The van der Waals surface area contributed by atoms with Gasteiger partial charge in [0.05, 0.1) is 44.6 Å². The molecule has 3 amide bonds. The summed E-state index contributed by atoms with van der Waals surface area (Å²) in [6.45, 7) is 10.9. The van der Waals surface area contributed by atoms with Crippen LogP contribution in [0.4, 0.5) is 10.5 Å². The maximum absolute atomic E-state index is 14.2. The zero-order valence-electron chi connectivity index (χ0n) is 45.4. The Kier molecular flexibility index (Phi) is 28.0. The van der Waals surface area contributed by atoms with Gasteiger partial charge in [-0.15, -0.1) is 0 Å². The van der Waals surface area contributed by atoms with Crippen LogP contribution in [0.2, 0.25) is 5.02 Å². The van der Waals surface area contributed by atoms with Crippen LogP contribution in [-0.2, 0) is 54.1 Å². The summed E-state index contributed by atoms with van der Waals surface area (Å²) in [5.74, 6) is -2.66. The number of nitrogens with one attached hydrogen (secondary N) is 1. The van der Waals surface area contributed by atoms with Gasteiger partial charge in [0.25, 0.3) is 0 Å². The van der Waals surface area contributed by atoms with E-state index in [1.54, 1.807) is 58.3 Å². The van der Waals surface area contributed by atoms with Gasteiger partial charge in [-0.2, -0.15) is 12.6 Å². The van der Waals surface area contributed by atoms with E-state index in [0.717, 1.165) is 16.2 Å². The van der Waals surface area contributed by atoms with E-state index >= 15 is 0 Å².